The summed E-state index contributed by atoms with van der Waals surface area (Å²) in [5, 5.41) is 6.42. The van der Waals surface area contributed by atoms with Gasteiger partial charge in [-0.05, 0) is 24.5 Å². The van der Waals surface area contributed by atoms with Crippen LogP contribution < -0.4 is 16.4 Å². The number of nitrogens with one attached hydrogen (secondary N) is 2. The van der Waals surface area contributed by atoms with E-state index >= 15 is 0 Å². The maximum atomic E-state index is 13.7. The number of halogens is 1. The third-order valence-electron chi connectivity index (χ3n) is 6.96. The fourth-order valence-corrected chi connectivity index (χ4v) is 5.73. The highest BCUT2D eigenvalue weighted by molar-refractivity contribution is 6.35. The fourth-order valence-electron chi connectivity index (χ4n) is 5.51. The number of carbonyl (C=O) groups is 4. The summed E-state index contributed by atoms with van der Waals surface area (Å²) in [7, 11) is 0. The highest BCUT2D eigenvalue weighted by Gasteiger charge is 2.70. The molecule has 9 heteroatoms. The molecule has 170 valence electrons. The second kappa shape index (κ2) is 7.97. The summed E-state index contributed by atoms with van der Waals surface area (Å²) in [6.07, 6.45) is 0.790. The Labute approximate surface area is 195 Å². The van der Waals surface area contributed by atoms with Gasteiger partial charge in [0.05, 0.1) is 22.5 Å². The molecular weight excluding hydrogens is 444 g/mol. The number of rotatable bonds is 6. The Hall–Kier alpha value is -3.23. The summed E-state index contributed by atoms with van der Waals surface area (Å²) in [5.41, 5.74) is 5.91. The predicted molar refractivity (Wildman–Crippen MR) is 121 cm³/mol. The first-order valence-electron chi connectivity index (χ1n) is 10.9. The van der Waals surface area contributed by atoms with E-state index in [2.05, 4.69) is 10.6 Å². The van der Waals surface area contributed by atoms with Gasteiger partial charge in [-0.25, -0.2) is 0 Å². The van der Waals surface area contributed by atoms with Gasteiger partial charge in [0.25, 0.3) is 0 Å². The van der Waals surface area contributed by atoms with E-state index in [4.69, 9.17) is 17.3 Å². The molecule has 2 aromatic carbocycles. The molecule has 2 aromatic rings. The molecule has 2 fully saturated rings. The third-order valence-corrected chi connectivity index (χ3v) is 7.27. The summed E-state index contributed by atoms with van der Waals surface area (Å²) >= 11 is 6.32. The average Bonchev–Trinajstić information content (AvgIpc) is 3.38. The van der Waals surface area contributed by atoms with Crippen molar-refractivity contribution < 1.29 is 19.2 Å². The number of benzene rings is 2. The number of imide groups is 1. The number of likely N-dealkylation sites (tertiary alicyclic amines) is 1. The molecular formula is C24H23ClN4O4. The maximum absolute atomic E-state index is 13.7. The lowest BCUT2D eigenvalue weighted by molar-refractivity contribution is -0.142. The van der Waals surface area contributed by atoms with Crippen LogP contribution in [0, 0.1) is 11.8 Å². The summed E-state index contributed by atoms with van der Waals surface area (Å²) in [5.74, 6) is -3.36. The zero-order chi connectivity index (χ0) is 23.3. The van der Waals surface area contributed by atoms with Gasteiger partial charge in [0.1, 0.15) is 5.54 Å². The van der Waals surface area contributed by atoms with Gasteiger partial charge in [-0.2, -0.15) is 0 Å². The lowest BCUT2D eigenvalue weighted by Crippen LogP contribution is -2.53. The van der Waals surface area contributed by atoms with Gasteiger partial charge in [0.2, 0.25) is 23.6 Å². The molecule has 3 aliphatic rings. The Morgan fingerprint density at radius 1 is 1.06 bits per heavy atom. The van der Waals surface area contributed by atoms with Crippen LogP contribution in [0.2, 0.25) is 5.02 Å². The molecule has 3 aliphatic heterocycles. The summed E-state index contributed by atoms with van der Waals surface area (Å²) < 4.78 is 0. The number of fused-ring (bicyclic) bond motifs is 4. The van der Waals surface area contributed by atoms with Crippen LogP contribution in [0.1, 0.15) is 24.0 Å². The third kappa shape index (κ3) is 3.24. The van der Waals surface area contributed by atoms with Crippen molar-refractivity contribution >= 4 is 40.9 Å². The van der Waals surface area contributed by atoms with E-state index in [0.717, 1.165) is 5.56 Å². The van der Waals surface area contributed by atoms with Crippen molar-refractivity contribution in [1.29, 1.82) is 0 Å². The van der Waals surface area contributed by atoms with Crippen molar-refractivity contribution in [1.82, 2.24) is 10.2 Å². The number of hydrogen-bond donors (Lipinski definition) is 3. The molecule has 5 rings (SSSR count). The lowest BCUT2D eigenvalue weighted by atomic mass is 9.76. The number of anilines is 1. The van der Waals surface area contributed by atoms with Gasteiger partial charge in [0, 0.05) is 24.6 Å². The molecule has 33 heavy (non-hydrogen) atoms. The molecule has 4 N–H and O–H groups in total. The van der Waals surface area contributed by atoms with E-state index in [1.165, 1.54) is 4.90 Å². The SMILES string of the molecule is NC(=O)CC[C@@H]1N[C@@]2(C(=O)Nc3c(Cl)cccc32)[C@@H]2C(=O)N(CCc3ccccc3)C(=O)[C@H]12. The number of carbonyl (C=O) groups excluding carboxylic acids is 4. The number of nitrogens with zero attached hydrogens (tertiary/aromatic N) is 1. The van der Waals surface area contributed by atoms with Gasteiger partial charge in [-0.15, -0.1) is 0 Å². The van der Waals surface area contributed by atoms with E-state index in [-0.39, 0.29) is 25.3 Å². The van der Waals surface area contributed by atoms with Crippen molar-refractivity contribution in [2.75, 3.05) is 11.9 Å². The Morgan fingerprint density at radius 2 is 1.82 bits per heavy atom. The monoisotopic (exact) mass is 466 g/mol. The van der Waals surface area contributed by atoms with Crippen molar-refractivity contribution in [3.63, 3.8) is 0 Å². The smallest absolute Gasteiger partial charge is 0.250 e. The van der Waals surface area contributed by atoms with Gasteiger partial charge in [-0.1, -0.05) is 54.1 Å². The normalized spacial score (nSPS) is 27.7. The minimum absolute atomic E-state index is 0.0342. The Kier molecular flexibility index (Phi) is 5.22. The van der Waals surface area contributed by atoms with Crippen LogP contribution in [0.5, 0.6) is 0 Å². The molecule has 3 heterocycles. The van der Waals surface area contributed by atoms with Crippen molar-refractivity contribution in [3.8, 4) is 0 Å². The minimum atomic E-state index is -1.43. The summed E-state index contributed by atoms with van der Waals surface area (Å²) in [4.78, 5) is 53.3. The average molecular weight is 467 g/mol. The van der Waals surface area contributed by atoms with Crippen LogP contribution in [-0.2, 0) is 31.1 Å². The molecule has 0 unspecified atom stereocenters. The fraction of sp³-hybridized carbons (Fsp3) is 0.333. The number of primary amides is 1. The van der Waals surface area contributed by atoms with E-state index in [1.54, 1.807) is 18.2 Å². The maximum Gasteiger partial charge on any atom is 0.250 e. The first kappa shape index (κ1) is 21.6. The first-order chi connectivity index (χ1) is 15.8. The molecule has 4 amide bonds. The van der Waals surface area contributed by atoms with E-state index in [1.807, 2.05) is 30.3 Å². The van der Waals surface area contributed by atoms with Gasteiger partial charge in [-0.3, -0.25) is 29.4 Å². The largest absolute Gasteiger partial charge is 0.370 e. The summed E-state index contributed by atoms with van der Waals surface area (Å²) in [6.45, 7) is 0.220. The van der Waals surface area contributed by atoms with Crippen molar-refractivity contribution in [3.05, 3.63) is 64.7 Å². The van der Waals surface area contributed by atoms with Gasteiger partial charge in [0.15, 0.2) is 0 Å². The molecule has 4 atom stereocenters. The van der Waals surface area contributed by atoms with Crippen LogP contribution in [0.15, 0.2) is 48.5 Å². The summed E-state index contributed by atoms with van der Waals surface area (Å²) in [6, 6.07) is 14.1. The zero-order valence-corrected chi connectivity index (χ0v) is 18.5. The highest BCUT2D eigenvalue weighted by atomic mass is 35.5. The van der Waals surface area contributed by atoms with E-state index < -0.39 is 41.1 Å². The van der Waals surface area contributed by atoms with Crippen molar-refractivity contribution in [2.24, 2.45) is 17.6 Å². The van der Waals surface area contributed by atoms with Crippen LogP contribution >= 0.6 is 11.6 Å². The molecule has 0 bridgehead atoms. The number of hydrogen-bond acceptors (Lipinski definition) is 5. The molecule has 1 spiro atoms. The highest BCUT2D eigenvalue weighted by Crippen LogP contribution is 2.54. The van der Waals surface area contributed by atoms with Crippen LogP contribution in [-0.4, -0.2) is 41.1 Å². The standard InChI is InChI=1S/C24H23ClN4O4/c25-15-8-4-7-14-20(15)27-23(33)24(14)19-18(16(28-24)9-10-17(26)30)21(31)29(22(19)32)12-11-13-5-2-1-3-6-13/h1-8,16,18-19,28H,9-12H2,(H2,26,30)(H,27,33)/t16-,18+,19-,24+/m0/s1. The molecule has 0 saturated carbocycles. The van der Waals surface area contributed by atoms with Crippen molar-refractivity contribution in [2.45, 2.75) is 30.8 Å². The van der Waals surface area contributed by atoms with Crippen LogP contribution in [0.3, 0.4) is 0 Å². The Balaban J connectivity index is 1.53. The quantitative estimate of drug-likeness (QED) is 0.558. The number of para-hydroxylation sites is 1. The van der Waals surface area contributed by atoms with Gasteiger partial charge < -0.3 is 11.1 Å². The Bertz CT molecular complexity index is 1170. The molecule has 0 aromatic heterocycles. The Morgan fingerprint density at radius 3 is 2.55 bits per heavy atom. The second-order valence-electron chi connectivity index (χ2n) is 8.75. The number of amides is 4. The van der Waals surface area contributed by atoms with E-state index in [0.29, 0.717) is 22.7 Å². The van der Waals surface area contributed by atoms with Crippen LogP contribution in [0.4, 0.5) is 5.69 Å². The van der Waals surface area contributed by atoms with Gasteiger partial charge >= 0.3 is 0 Å². The molecule has 0 radical (unpaired) electrons. The molecule has 2 saturated heterocycles. The minimum Gasteiger partial charge on any atom is -0.370 e. The lowest BCUT2D eigenvalue weighted by Gasteiger charge is -2.29. The molecule has 0 aliphatic carbocycles. The van der Waals surface area contributed by atoms with Crippen LogP contribution in [0.25, 0.3) is 0 Å². The molecule has 8 nitrogen and oxygen atoms in total. The first-order valence-corrected chi connectivity index (χ1v) is 11.3. The second-order valence-corrected chi connectivity index (χ2v) is 9.15. The zero-order valence-electron chi connectivity index (χ0n) is 17.7. The topological polar surface area (TPSA) is 122 Å². The van der Waals surface area contributed by atoms with E-state index in [9.17, 15) is 19.2 Å². The number of nitrogens with two attached hydrogens (primary N) is 1. The predicted octanol–water partition coefficient (Wildman–Crippen LogP) is 1.57.